The lowest BCUT2D eigenvalue weighted by atomic mass is 10.2. The molecule has 0 radical (unpaired) electrons. The van der Waals surface area contributed by atoms with Crippen LogP contribution in [0.25, 0.3) is 11.5 Å². The van der Waals surface area contributed by atoms with Gasteiger partial charge in [0.15, 0.2) is 6.61 Å². The fourth-order valence-electron chi connectivity index (χ4n) is 1.88. The van der Waals surface area contributed by atoms with E-state index in [0.717, 1.165) is 10.0 Å². The van der Waals surface area contributed by atoms with Gasteiger partial charge in [-0.05, 0) is 30.3 Å². The number of ether oxygens (including phenoxy) is 1. The third kappa shape index (κ3) is 3.72. The van der Waals surface area contributed by atoms with Crippen molar-refractivity contribution in [3.63, 3.8) is 0 Å². The van der Waals surface area contributed by atoms with E-state index in [0.29, 0.717) is 11.6 Å². The molecule has 0 saturated heterocycles. The zero-order chi connectivity index (χ0) is 17.1. The molecular weight excluding hydrogens is 402 g/mol. The molecule has 9 heteroatoms. The lowest BCUT2D eigenvalue weighted by Gasteiger charge is -2.05. The van der Waals surface area contributed by atoms with Crippen molar-refractivity contribution < 1.29 is 14.1 Å². The molecule has 1 heterocycles. The topological polar surface area (TPSA) is 91.3 Å². The highest BCUT2D eigenvalue weighted by molar-refractivity contribution is 9.10. The Morgan fingerprint density at radius 2 is 1.96 bits per heavy atom. The fourth-order valence-corrected chi connectivity index (χ4v) is 2.37. The van der Waals surface area contributed by atoms with E-state index in [4.69, 9.17) is 20.8 Å². The molecule has 0 aliphatic carbocycles. The lowest BCUT2D eigenvalue weighted by Crippen LogP contribution is -1.97. The van der Waals surface area contributed by atoms with Gasteiger partial charge < -0.3 is 9.15 Å². The average molecular weight is 411 g/mol. The third-order valence-electron chi connectivity index (χ3n) is 3.04. The van der Waals surface area contributed by atoms with Crippen LogP contribution in [0.15, 0.2) is 51.4 Å². The van der Waals surface area contributed by atoms with Crippen LogP contribution in [-0.4, -0.2) is 15.1 Å². The van der Waals surface area contributed by atoms with E-state index in [1.54, 1.807) is 0 Å². The Bertz CT molecular complexity index is 883. The summed E-state index contributed by atoms with van der Waals surface area (Å²) in [5, 5.41) is 18.7. The normalized spacial score (nSPS) is 10.6. The van der Waals surface area contributed by atoms with Crippen LogP contribution in [0.5, 0.6) is 5.75 Å². The molecule has 0 spiro atoms. The number of non-ortho nitro benzene ring substituents is 1. The number of nitro benzene ring substituents is 1. The largest absolute Gasteiger partial charge is 0.482 e. The number of hydrogen-bond acceptors (Lipinski definition) is 6. The number of nitro groups is 1. The predicted molar refractivity (Wildman–Crippen MR) is 89.9 cm³/mol. The van der Waals surface area contributed by atoms with Crippen molar-refractivity contribution in [2.75, 3.05) is 0 Å². The summed E-state index contributed by atoms with van der Waals surface area (Å²) in [5.41, 5.74) is 0.674. The predicted octanol–water partition coefficient (Wildman–Crippen LogP) is 4.64. The summed E-state index contributed by atoms with van der Waals surface area (Å²) in [6, 6.07) is 11.4. The van der Waals surface area contributed by atoms with E-state index in [9.17, 15) is 10.1 Å². The first-order valence-electron chi connectivity index (χ1n) is 6.68. The molecular formula is C15H9BrClN3O4. The van der Waals surface area contributed by atoms with Crippen molar-refractivity contribution in [3.8, 4) is 17.2 Å². The molecule has 0 aliphatic heterocycles. The highest BCUT2D eigenvalue weighted by Crippen LogP contribution is 2.29. The Morgan fingerprint density at radius 1 is 1.21 bits per heavy atom. The Kier molecular flexibility index (Phi) is 4.77. The first kappa shape index (κ1) is 16.4. The van der Waals surface area contributed by atoms with Crippen molar-refractivity contribution >= 4 is 33.2 Å². The molecule has 0 N–H and O–H groups in total. The Labute approximate surface area is 149 Å². The fraction of sp³-hybridized carbons (Fsp3) is 0.0667. The zero-order valence-corrected chi connectivity index (χ0v) is 14.3. The van der Waals surface area contributed by atoms with Gasteiger partial charge in [0.2, 0.25) is 5.89 Å². The minimum Gasteiger partial charge on any atom is -0.482 e. The first-order valence-corrected chi connectivity index (χ1v) is 7.85. The second-order valence-electron chi connectivity index (χ2n) is 4.67. The molecule has 0 saturated carbocycles. The zero-order valence-electron chi connectivity index (χ0n) is 12.0. The van der Waals surface area contributed by atoms with E-state index in [2.05, 4.69) is 26.1 Å². The summed E-state index contributed by atoms with van der Waals surface area (Å²) in [5.74, 6) is 0.934. The molecule has 3 aromatic rings. The molecule has 24 heavy (non-hydrogen) atoms. The lowest BCUT2D eigenvalue weighted by molar-refractivity contribution is -0.384. The number of nitrogens with zero attached hydrogens (tertiary/aromatic N) is 3. The van der Waals surface area contributed by atoms with Gasteiger partial charge in [0.1, 0.15) is 5.75 Å². The standard InChI is InChI=1S/C15H9BrClN3O4/c16-10-3-1-9(2-4-10)15-19-18-14(24-15)8-23-13-6-5-11(20(21)22)7-12(13)17/h1-7H,8H2. The number of rotatable bonds is 5. The van der Waals surface area contributed by atoms with Gasteiger partial charge in [-0.15, -0.1) is 10.2 Å². The van der Waals surface area contributed by atoms with Crippen LogP contribution in [0, 0.1) is 10.1 Å². The van der Waals surface area contributed by atoms with Crippen LogP contribution >= 0.6 is 27.5 Å². The van der Waals surface area contributed by atoms with Crippen LogP contribution in [0.2, 0.25) is 5.02 Å². The van der Waals surface area contributed by atoms with Gasteiger partial charge in [-0.3, -0.25) is 10.1 Å². The monoisotopic (exact) mass is 409 g/mol. The van der Waals surface area contributed by atoms with Gasteiger partial charge in [0.25, 0.3) is 11.6 Å². The summed E-state index contributed by atoms with van der Waals surface area (Å²) < 4.78 is 11.9. The quantitative estimate of drug-likeness (QED) is 0.449. The molecule has 0 unspecified atom stereocenters. The minimum absolute atomic E-state index is 0.00105. The van der Waals surface area contributed by atoms with Gasteiger partial charge in [0, 0.05) is 22.2 Å². The van der Waals surface area contributed by atoms with Crippen LogP contribution in [-0.2, 0) is 6.61 Å². The van der Waals surface area contributed by atoms with Crippen LogP contribution in [0.3, 0.4) is 0 Å². The SMILES string of the molecule is O=[N+]([O-])c1ccc(OCc2nnc(-c3ccc(Br)cc3)o2)c(Cl)c1. The van der Waals surface area contributed by atoms with Crippen LogP contribution in [0.1, 0.15) is 5.89 Å². The van der Waals surface area contributed by atoms with E-state index >= 15 is 0 Å². The summed E-state index contributed by atoms with van der Waals surface area (Å²) in [4.78, 5) is 10.1. The molecule has 3 rings (SSSR count). The molecule has 0 amide bonds. The first-order chi connectivity index (χ1) is 11.5. The minimum atomic E-state index is -0.530. The van der Waals surface area contributed by atoms with E-state index in [-0.39, 0.29) is 23.2 Å². The van der Waals surface area contributed by atoms with Gasteiger partial charge in [-0.25, -0.2) is 0 Å². The molecule has 0 bridgehead atoms. The molecule has 1 aromatic heterocycles. The summed E-state index contributed by atoms with van der Waals surface area (Å²) >= 11 is 9.31. The summed E-state index contributed by atoms with van der Waals surface area (Å²) in [6.07, 6.45) is 0. The van der Waals surface area contributed by atoms with Crippen molar-refractivity contribution in [1.29, 1.82) is 0 Å². The number of hydrogen-bond donors (Lipinski definition) is 0. The van der Waals surface area contributed by atoms with Crippen molar-refractivity contribution in [2.45, 2.75) is 6.61 Å². The van der Waals surface area contributed by atoms with Crippen LogP contribution < -0.4 is 4.74 Å². The molecule has 7 nitrogen and oxygen atoms in total. The van der Waals surface area contributed by atoms with Crippen molar-refractivity contribution in [1.82, 2.24) is 10.2 Å². The Balaban J connectivity index is 1.69. The molecule has 0 aliphatic rings. The number of halogens is 2. The smallest absolute Gasteiger partial charge is 0.271 e. The second-order valence-corrected chi connectivity index (χ2v) is 5.99. The maximum absolute atomic E-state index is 10.7. The van der Waals surface area contributed by atoms with Crippen molar-refractivity contribution in [3.05, 3.63) is 68.0 Å². The van der Waals surface area contributed by atoms with E-state index < -0.39 is 4.92 Å². The average Bonchev–Trinajstić information content (AvgIpc) is 3.03. The van der Waals surface area contributed by atoms with Crippen molar-refractivity contribution in [2.24, 2.45) is 0 Å². The Morgan fingerprint density at radius 3 is 2.62 bits per heavy atom. The second kappa shape index (κ2) is 6.98. The van der Waals surface area contributed by atoms with Crippen LogP contribution in [0.4, 0.5) is 5.69 Å². The molecule has 0 fully saturated rings. The molecule has 2 aromatic carbocycles. The summed E-state index contributed by atoms with van der Waals surface area (Å²) in [6.45, 7) is 0.00105. The van der Waals surface area contributed by atoms with Gasteiger partial charge in [-0.2, -0.15) is 0 Å². The highest BCUT2D eigenvalue weighted by Gasteiger charge is 2.13. The maximum Gasteiger partial charge on any atom is 0.271 e. The summed E-state index contributed by atoms with van der Waals surface area (Å²) in [7, 11) is 0. The van der Waals surface area contributed by atoms with Gasteiger partial charge >= 0.3 is 0 Å². The Hall–Kier alpha value is -2.45. The third-order valence-corrected chi connectivity index (χ3v) is 3.86. The maximum atomic E-state index is 10.7. The van der Waals surface area contributed by atoms with E-state index in [1.165, 1.54) is 18.2 Å². The number of aromatic nitrogens is 2. The molecule has 122 valence electrons. The molecule has 0 atom stereocenters. The van der Waals surface area contributed by atoms with Gasteiger partial charge in [-0.1, -0.05) is 27.5 Å². The number of benzene rings is 2. The van der Waals surface area contributed by atoms with E-state index in [1.807, 2.05) is 24.3 Å². The highest BCUT2D eigenvalue weighted by atomic mass is 79.9. The van der Waals surface area contributed by atoms with Gasteiger partial charge in [0.05, 0.1) is 9.95 Å².